The van der Waals surface area contributed by atoms with E-state index in [1.165, 1.54) is 18.2 Å². The highest BCUT2D eigenvalue weighted by Gasteiger charge is 2.26. The molecule has 1 aromatic carbocycles. The average molecular weight is 255 g/mol. The molecule has 0 aliphatic rings. The SMILES string of the molecule is OCc1ccc(OCCC(F)(F)F)c(Cl)c1. The Hall–Kier alpha value is -0.940. The molecular weight excluding hydrogens is 245 g/mol. The molecule has 0 amide bonds. The lowest BCUT2D eigenvalue weighted by Crippen LogP contribution is -2.13. The maximum atomic E-state index is 11.8. The zero-order valence-corrected chi connectivity index (χ0v) is 8.98. The van der Waals surface area contributed by atoms with Gasteiger partial charge in [0, 0.05) is 0 Å². The molecule has 2 nitrogen and oxygen atoms in total. The number of aliphatic hydroxyl groups is 1. The molecule has 0 radical (unpaired) electrons. The first-order valence-corrected chi connectivity index (χ1v) is 4.89. The second-order valence-electron chi connectivity index (χ2n) is 3.14. The van der Waals surface area contributed by atoms with Crippen LogP contribution in [-0.4, -0.2) is 17.9 Å². The number of ether oxygens (including phenoxy) is 1. The van der Waals surface area contributed by atoms with Crippen LogP contribution in [0.4, 0.5) is 13.2 Å². The zero-order chi connectivity index (χ0) is 12.2. The number of alkyl halides is 3. The summed E-state index contributed by atoms with van der Waals surface area (Å²) in [6, 6.07) is 4.42. The van der Waals surface area contributed by atoms with Crippen LogP contribution >= 0.6 is 11.6 Å². The summed E-state index contributed by atoms with van der Waals surface area (Å²) < 4.78 is 40.4. The third-order valence-corrected chi connectivity index (χ3v) is 2.12. The fourth-order valence-electron chi connectivity index (χ4n) is 1.04. The van der Waals surface area contributed by atoms with Crippen LogP contribution in [0, 0.1) is 0 Å². The Kier molecular flexibility index (Phi) is 4.44. The van der Waals surface area contributed by atoms with Crippen LogP contribution in [0.3, 0.4) is 0 Å². The molecule has 0 heterocycles. The summed E-state index contributed by atoms with van der Waals surface area (Å²) in [4.78, 5) is 0. The average Bonchev–Trinajstić information content (AvgIpc) is 2.18. The Morgan fingerprint density at radius 3 is 2.50 bits per heavy atom. The molecule has 6 heteroatoms. The molecule has 0 atom stereocenters. The topological polar surface area (TPSA) is 29.5 Å². The summed E-state index contributed by atoms with van der Waals surface area (Å²) in [5, 5.41) is 8.98. The van der Waals surface area contributed by atoms with Crippen molar-refractivity contribution in [3.63, 3.8) is 0 Å². The van der Waals surface area contributed by atoms with Gasteiger partial charge in [-0.1, -0.05) is 17.7 Å². The van der Waals surface area contributed by atoms with E-state index < -0.39 is 19.2 Å². The predicted octanol–water partition coefficient (Wildman–Crippen LogP) is 3.16. The first kappa shape index (κ1) is 13.1. The molecule has 90 valence electrons. The molecule has 0 fully saturated rings. The van der Waals surface area contributed by atoms with Gasteiger partial charge in [-0.3, -0.25) is 0 Å². The van der Waals surface area contributed by atoms with E-state index in [9.17, 15) is 13.2 Å². The molecule has 0 saturated heterocycles. The lowest BCUT2D eigenvalue weighted by molar-refractivity contribution is -0.139. The van der Waals surface area contributed by atoms with Crippen molar-refractivity contribution in [1.82, 2.24) is 0 Å². The quantitative estimate of drug-likeness (QED) is 0.894. The molecule has 0 spiro atoms. The molecule has 1 N–H and O–H groups in total. The summed E-state index contributed by atoms with van der Waals surface area (Å²) in [5.41, 5.74) is 0.577. The third-order valence-electron chi connectivity index (χ3n) is 1.82. The minimum Gasteiger partial charge on any atom is -0.492 e. The Bertz CT molecular complexity index is 352. The number of aliphatic hydroxyl groups excluding tert-OH is 1. The molecule has 16 heavy (non-hydrogen) atoms. The van der Waals surface area contributed by atoms with Gasteiger partial charge in [-0.2, -0.15) is 13.2 Å². The summed E-state index contributed by atoms with van der Waals surface area (Å²) in [5.74, 6) is 0.183. The van der Waals surface area contributed by atoms with Crippen LogP contribution in [0.2, 0.25) is 5.02 Å². The van der Waals surface area contributed by atoms with Gasteiger partial charge in [-0.15, -0.1) is 0 Å². The van der Waals surface area contributed by atoms with Crippen molar-refractivity contribution < 1.29 is 23.0 Å². The monoisotopic (exact) mass is 254 g/mol. The van der Waals surface area contributed by atoms with Crippen LogP contribution in [0.15, 0.2) is 18.2 Å². The van der Waals surface area contributed by atoms with E-state index >= 15 is 0 Å². The number of hydrogen-bond donors (Lipinski definition) is 1. The molecule has 0 saturated carbocycles. The first-order chi connectivity index (χ1) is 7.42. The Morgan fingerprint density at radius 2 is 2.00 bits per heavy atom. The fourth-order valence-corrected chi connectivity index (χ4v) is 1.29. The van der Waals surface area contributed by atoms with Gasteiger partial charge in [-0.25, -0.2) is 0 Å². The van der Waals surface area contributed by atoms with Crippen LogP contribution in [0.25, 0.3) is 0 Å². The molecule has 0 unspecified atom stereocenters. The summed E-state index contributed by atoms with van der Waals surface area (Å²) in [6.45, 7) is -0.649. The summed E-state index contributed by atoms with van der Waals surface area (Å²) in [7, 11) is 0. The summed E-state index contributed by atoms with van der Waals surface area (Å²) in [6.07, 6.45) is -5.26. The highest BCUT2D eigenvalue weighted by atomic mass is 35.5. The number of hydrogen-bond acceptors (Lipinski definition) is 2. The van der Waals surface area contributed by atoms with Crippen molar-refractivity contribution in [2.75, 3.05) is 6.61 Å². The van der Waals surface area contributed by atoms with Gasteiger partial charge in [0.25, 0.3) is 0 Å². The van der Waals surface area contributed by atoms with Crippen molar-refractivity contribution >= 4 is 11.6 Å². The van der Waals surface area contributed by atoms with E-state index in [-0.39, 0.29) is 17.4 Å². The van der Waals surface area contributed by atoms with Gasteiger partial charge in [-0.05, 0) is 17.7 Å². The first-order valence-electron chi connectivity index (χ1n) is 4.51. The molecule has 0 aromatic heterocycles. The number of rotatable bonds is 4. The van der Waals surface area contributed by atoms with Crippen LogP contribution in [0.1, 0.15) is 12.0 Å². The highest BCUT2D eigenvalue weighted by Crippen LogP contribution is 2.27. The molecule has 1 rings (SSSR count). The van der Waals surface area contributed by atoms with Gasteiger partial charge in [0.1, 0.15) is 5.75 Å². The zero-order valence-electron chi connectivity index (χ0n) is 8.22. The standard InChI is InChI=1S/C10H10ClF3O2/c11-8-5-7(6-15)1-2-9(8)16-4-3-10(12,13)14/h1-2,5,15H,3-4,6H2. The van der Waals surface area contributed by atoms with Crippen molar-refractivity contribution in [1.29, 1.82) is 0 Å². The molecule has 0 aliphatic carbocycles. The fraction of sp³-hybridized carbons (Fsp3) is 0.400. The van der Waals surface area contributed by atoms with Gasteiger partial charge in [0.2, 0.25) is 0 Å². The van der Waals surface area contributed by atoms with Crippen LogP contribution in [-0.2, 0) is 6.61 Å². The van der Waals surface area contributed by atoms with Crippen LogP contribution < -0.4 is 4.74 Å². The van der Waals surface area contributed by atoms with Crippen molar-refractivity contribution in [2.24, 2.45) is 0 Å². The van der Waals surface area contributed by atoms with E-state index in [1.54, 1.807) is 0 Å². The lowest BCUT2D eigenvalue weighted by atomic mass is 10.2. The number of halogens is 4. The third kappa shape index (κ3) is 4.28. The van der Waals surface area contributed by atoms with E-state index in [1.807, 2.05) is 0 Å². The van der Waals surface area contributed by atoms with E-state index in [2.05, 4.69) is 0 Å². The smallest absolute Gasteiger partial charge is 0.392 e. The van der Waals surface area contributed by atoms with E-state index in [4.69, 9.17) is 21.4 Å². The Morgan fingerprint density at radius 1 is 1.31 bits per heavy atom. The Balaban J connectivity index is 2.55. The normalized spacial score (nSPS) is 11.6. The van der Waals surface area contributed by atoms with E-state index in [0.29, 0.717) is 5.56 Å². The highest BCUT2D eigenvalue weighted by molar-refractivity contribution is 6.32. The maximum absolute atomic E-state index is 11.8. The molecule has 1 aromatic rings. The maximum Gasteiger partial charge on any atom is 0.392 e. The number of benzene rings is 1. The van der Waals surface area contributed by atoms with Gasteiger partial charge >= 0.3 is 6.18 Å². The van der Waals surface area contributed by atoms with Crippen molar-refractivity contribution in [3.05, 3.63) is 28.8 Å². The van der Waals surface area contributed by atoms with Crippen molar-refractivity contribution in [2.45, 2.75) is 19.2 Å². The Labute approximate surface area is 95.6 Å². The minimum absolute atomic E-state index is 0.178. The molecular formula is C10H10ClF3O2. The second kappa shape index (κ2) is 5.41. The second-order valence-corrected chi connectivity index (χ2v) is 3.54. The largest absolute Gasteiger partial charge is 0.492 e. The van der Waals surface area contributed by atoms with Gasteiger partial charge in [0.05, 0.1) is 24.7 Å². The minimum atomic E-state index is -4.24. The van der Waals surface area contributed by atoms with E-state index in [0.717, 1.165) is 0 Å². The lowest BCUT2D eigenvalue weighted by Gasteiger charge is -2.10. The van der Waals surface area contributed by atoms with Crippen molar-refractivity contribution in [3.8, 4) is 5.75 Å². The van der Waals surface area contributed by atoms with Crippen LogP contribution in [0.5, 0.6) is 5.75 Å². The molecule has 0 bridgehead atoms. The predicted molar refractivity (Wildman–Crippen MR) is 53.5 cm³/mol. The molecule has 0 aliphatic heterocycles. The summed E-state index contributed by atoms with van der Waals surface area (Å²) >= 11 is 5.74. The van der Waals surface area contributed by atoms with Gasteiger partial charge in [0.15, 0.2) is 0 Å². The van der Waals surface area contributed by atoms with Gasteiger partial charge < -0.3 is 9.84 Å².